The zero-order chi connectivity index (χ0) is 26.4. The number of fused-ring (bicyclic) bond motifs is 2. The molecule has 6 rings (SSSR count). The number of aromatic nitrogens is 6. The van der Waals surface area contributed by atoms with Gasteiger partial charge in [0.1, 0.15) is 11.5 Å². The van der Waals surface area contributed by atoms with Gasteiger partial charge in [0.25, 0.3) is 0 Å². The Morgan fingerprint density at radius 3 is 2.50 bits per heavy atom. The minimum absolute atomic E-state index is 0.0924. The second-order valence-electron chi connectivity index (χ2n) is 10.2. The molecule has 38 heavy (non-hydrogen) atoms. The number of halogens is 1. The molecular formula is C29H24FN7O. The number of nitrogens with zero attached hydrogens (tertiary/aromatic N) is 4. The van der Waals surface area contributed by atoms with Gasteiger partial charge in [0, 0.05) is 57.0 Å². The Labute approximate surface area is 217 Å². The van der Waals surface area contributed by atoms with Crippen molar-refractivity contribution in [3.63, 3.8) is 0 Å². The molecule has 0 spiro atoms. The van der Waals surface area contributed by atoms with Crippen LogP contribution in [0.5, 0.6) is 0 Å². The Balaban J connectivity index is 1.41. The summed E-state index contributed by atoms with van der Waals surface area (Å²) in [7, 11) is 0. The normalized spacial score (nSPS) is 11.8. The quantitative estimate of drug-likeness (QED) is 0.258. The predicted molar refractivity (Wildman–Crippen MR) is 146 cm³/mol. The molecule has 0 fully saturated rings. The number of aromatic amines is 2. The summed E-state index contributed by atoms with van der Waals surface area (Å²) in [6, 6.07) is 12.4. The van der Waals surface area contributed by atoms with Crippen LogP contribution in [0.2, 0.25) is 0 Å². The monoisotopic (exact) mass is 505 g/mol. The summed E-state index contributed by atoms with van der Waals surface area (Å²) in [5.74, 6) is -0.400. The van der Waals surface area contributed by atoms with Gasteiger partial charge in [-0.3, -0.25) is 19.9 Å². The van der Waals surface area contributed by atoms with E-state index in [1.807, 2.05) is 39.0 Å². The van der Waals surface area contributed by atoms with Crippen LogP contribution >= 0.6 is 0 Å². The average Bonchev–Trinajstić information content (AvgIpc) is 3.52. The molecule has 0 saturated carbocycles. The fourth-order valence-corrected chi connectivity index (χ4v) is 4.32. The van der Waals surface area contributed by atoms with Crippen molar-refractivity contribution < 1.29 is 9.18 Å². The molecular weight excluding hydrogens is 481 g/mol. The molecule has 0 atom stereocenters. The van der Waals surface area contributed by atoms with Crippen LogP contribution in [0.15, 0.2) is 73.4 Å². The summed E-state index contributed by atoms with van der Waals surface area (Å²) in [4.78, 5) is 29.0. The van der Waals surface area contributed by atoms with Crippen molar-refractivity contribution in [2.24, 2.45) is 5.41 Å². The van der Waals surface area contributed by atoms with Crippen molar-refractivity contribution in [1.82, 2.24) is 30.1 Å². The Morgan fingerprint density at radius 2 is 1.68 bits per heavy atom. The minimum atomic E-state index is -0.524. The maximum atomic E-state index is 14.6. The number of benzene rings is 1. The van der Waals surface area contributed by atoms with Crippen molar-refractivity contribution in [3.8, 4) is 33.6 Å². The highest BCUT2D eigenvalue weighted by molar-refractivity contribution is 6.01. The predicted octanol–water partition coefficient (Wildman–Crippen LogP) is 6.35. The van der Waals surface area contributed by atoms with Crippen LogP contribution in [-0.4, -0.2) is 36.0 Å². The molecule has 5 aromatic heterocycles. The van der Waals surface area contributed by atoms with Gasteiger partial charge in [-0.05, 0) is 24.3 Å². The number of rotatable bonds is 4. The maximum Gasteiger partial charge on any atom is 0.229 e. The summed E-state index contributed by atoms with van der Waals surface area (Å²) in [6.07, 6.45) is 8.46. The van der Waals surface area contributed by atoms with Crippen LogP contribution in [0.4, 0.5) is 10.1 Å². The lowest BCUT2D eigenvalue weighted by molar-refractivity contribution is -0.123. The van der Waals surface area contributed by atoms with E-state index in [0.29, 0.717) is 28.2 Å². The van der Waals surface area contributed by atoms with E-state index in [9.17, 15) is 9.18 Å². The minimum Gasteiger partial charge on any atom is -0.352 e. The standard InChI is InChI=1S/C29H24FN7O/c1-29(2,3)28(38)34-18-8-16(11-31-13-18)17-9-21-26(36-37-27(21)33-12-17)24-10-20-22(14-32-15-25(20)35-24)19-6-4-5-7-23(19)30/h4-15,35H,1-3H3,(H,34,38)(H,33,36,37). The number of carbonyl (C=O) groups excluding carboxylic acids is 1. The molecule has 6 aromatic rings. The summed E-state index contributed by atoms with van der Waals surface area (Å²) < 4.78 is 14.6. The van der Waals surface area contributed by atoms with E-state index in [-0.39, 0.29) is 11.7 Å². The lowest BCUT2D eigenvalue weighted by atomic mass is 9.95. The molecule has 0 aliphatic heterocycles. The third kappa shape index (κ3) is 4.17. The smallest absolute Gasteiger partial charge is 0.229 e. The lowest BCUT2D eigenvalue weighted by Crippen LogP contribution is -2.27. The van der Waals surface area contributed by atoms with E-state index < -0.39 is 5.41 Å². The molecule has 0 aliphatic carbocycles. The van der Waals surface area contributed by atoms with Gasteiger partial charge >= 0.3 is 0 Å². The van der Waals surface area contributed by atoms with Gasteiger partial charge in [0.2, 0.25) is 5.91 Å². The van der Waals surface area contributed by atoms with E-state index in [1.165, 1.54) is 6.07 Å². The Kier molecular flexibility index (Phi) is 5.48. The number of pyridine rings is 3. The maximum absolute atomic E-state index is 14.6. The number of nitrogens with one attached hydrogen (secondary N) is 3. The van der Waals surface area contributed by atoms with Crippen molar-refractivity contribution in [1.29, 1.82) is 0 Å². The number of H-pyrrole nitrogens is 2. The number of hydrogen-bond donors (Lipinski definition) is 3. The highest BCUT2D eigenvalue weighted by Crippen LogP contribution is 2.35. The zero-order valence-electron chi connectivity index (χ0n) is 21.0. The Hall–Kier alpha value is -4.92. The van der Waals surface area contributed by atoms with Crippen LogP contribution in [-0.2, 0) is 4.79 Å². The summed E-state index contributed by atoms with van der Waals surface area (Å²) in [5, 5.41) is 12.1. The first-order chi connectivity index (χ1) is 18.3. The molecule has 9 heteroatoms. The summed E-state index contributed by atoms with van der Waals surface area (Å²) in [6.45, 7) is 5.58. The van der Waals surface area contributed by atoms with Crippen molar-refractivity contribution in [2.75, 3.05) is 5.32 Å². The zero-order valence-corrected chi connectivity index (χ0v) is 21.0. The van der Waals surface area contributed by atoms with E-state index in [2.05, 4.69) is 35.5 Å². The average molecular weight is 506 g/mol. The molecule has 0 radical (unpaired) electrons. The van der Waals surface area contributed by atoms with Crippen LogP contribution in [0.1, 0.15) is 20.8 Å². The molecule has 0 saturated heterocycles. The fourth-order valence-electron chi connectivity index (χ4n) is 4.32. The largest absolute Gasteiger partial charge is 0.352 e. The summed E-state index contributed by atoms with van der Waals surface area (Å²) in [5.41, 5.74) is 5.72. The third-order valence-corrected chi connectivity index (χ3v) is 6.39. The van der Waals surface area contributed by atoms with E-state index in [1.54, 1.807) is 49.2 Å². The van der Waals surface area contributed by atoms with Gasteiger partial charge in [-0.25, -0.2) is 9.37 Å². The van der Waals surface area contributed by atoms with Crippen LogP contribution in [0.25, 0.3) is 55.6 Å². The van der Waals surface area contributed by atoms with Crippen LogP contribution < -0.4 is 5.32 Å². The molecule has 0 bridgehead atoms. The molecule has 3 N–H and O–H groups in total. The Bertz CT molecular complexity index is 1830. The van der Waals surface area contributed by atoms with Crippen molar-refractivity contribution in [2.45, 2.75) is 20.8 Å². The number of amides is 1. The number of hydrogen-bond acceptors (Lipinski definition) is 5. The second kappa shape index (κ2) is 8.88. The van der Waals surface area contributed by atoms with Crippen LogP contribution in [0, 0.1) is 11.2 Å². The first-order valence-corrected chi connectivity index (χ1v) is 12.1. The Morgan fingerprint density at radius 1 is 0.895 bits per heavy atom. The lowest BCUT2D eigenvalue weighted by Gasteiger charge is -2.17. The number of anilines is 1. The van der Waals surface area contributed by atoms with Crippen molar-refractivity contribution in [3.05, 3.63) is 79.3 Å². The highest BCUT2D eigenvalue weighted by atomic mass is 19.1. The van der Waals surface area contributed by atoms with E-state index in [4.69, 9.17) is 0 Å². The second-order valence-corrected chi connectivity index (χ2v) is 10.2. The van der Waals surface area contributed by atoms with Gasteiger partial charge in [0.05, 0.1) is 29.3 Å². The van der Waals surface area contributed by atoms with Gasteiger partial charge < -0.3 is 10.3 Å². The molecule has 1 amide bonds. The van der Waals surface area contributed by atoms with E-state index in [0.717, 1.165) is 33.1 Å². The summed E-state index contributed by atoms with van der Waals surface area (Å²) >= 11 is 0. The molecule has 5 heterocycles. The molecule has 188 valence electrons. The van der Waals surface area contributed by atoms with Gasteiger partial charge in [0.15, 0.2) is 5.65 Å². The molecule has 1 aromatic carbocycles. The van der Waals surface area contributed by atoms with Gasteiger partial charge in [-0.2, -0.15) is 5.10 Å². The fraction of sp³-hybridized carbons (Fsp3) is 0.138. The molecule has 0 unspecified atom stereocenters. The third-order valence-electron chi connectivity index (χ3n) is 6.39. The molecule has 8 nitrogen and oxygen atoms in total. The van der Waals surface area contributed by atoms with Crippen LogP contribution in [0.3, 0.4) is 0 Å². The SMILES string of the molecule is CC(C)(C)C(=O)Nc1cncc(-c2cnc3[nH]nc(-c4cc5c(-c6ccccc6F)cncc5[nH]4)c3c2)c1. The van der Waals surface area contributed by atoms with Crippen molar-refractivity contribution >= 4 is 33.5 Å². The van der Waals surface area contributed by atoms with Gasteiger partial charge in [-0.1, -0.05) is 39.0 Å². The number of carbonyl (C=O) groups is 1. The van der Waals surface area contributed by atoms with Gasteiger partial charge in [-0.15, -0.1) is 0 Å². The topological polar surface area (TPSA) is 112 Å². The highest BCUT2D eigenvalue weighted by Gasteiger charge is 2.21. The first kappa shape index (κ1) is 23.5. The molecule has 0 aliphatic rings. The first-order valence-electron chi connectivity index (χ1n) is 12.1. The van der Waals surface area contributed by atoms with E-state index >= 15 is 0 Å².